The van der Waals surface area contributed by atoms with Crippen molar-refractivity contribution in [3.05, 3.63) is 29.8 Å². The Hall–Kier alpha value is -1.55. The molecule has 0 aliphatic heterocycles. The van der Waals surface area contributed by atoms with E-state index in [9.17, 15) is 4.79 Å². The fourth-order valence-corrected chi connectivity index (χ4v) is 1.15. The average Bonchev–Trinajstić information content (AvgIpc) is 2.27. The number of amides is 1. The molecule has 1 amide bonds. The van der Waals surface area contributed by atoms with Crippen molar-refractivity contribution in [3.63, 3.8) is 0 Å². The molecule has 0 aliphatic carbocycles. The Balaban J connectivity index is 2.58. The zero-order valence-corrected chi connectivity index (χ0v) is 9.91. The summed E-state index contributed by atoms with van der Waals surface area (Å²) in [4.78, 5) is 11.1. The maximum absolute atomic E-state index is 11.1. The van der Waals surface area contributed by atoms with Crippen molar-refractivity contribution in [2.45, 2.75) is 25.9 Å². The smallest absolute Gasteiger partial charge is 0.237 e. The van der Waals surface area contributed by atoms with Crippen LogP contribution in [0.5, 0.6) is 5.75 Å². The SMILES string of the molecule is COc1ccc(CNC(C)(C)C(N)=O)cc1. The summed E-state index contributed by atoms with van der Waals surface area (Å²) in [6, 6.07) is 7.66. The molecule has 0 saturated carbocycles. The van der Waals surface area contributed by atoms with Crippen molar-refractivity contribution in [1.29, 1.82) is 0 Å². The number of rotatable bonds is 5. The van der Waals surface area contributed by atoms with Gasteiger partial charge in [-0.05, 0) is 31.5 Å². The van der Waals surface area contributed by atoms with E-state index in [1.165, 1.54) is 0 Å². The van der Waals surface area contributed by atoms with E-state index in [1.54, 1.807) is 21.0 Å². The minimum Gasteiger partial charge on any atom is -0.497 e. The van der Waals surface area contributed by atoms with Crippen LogP contribution in [0.2, 0.25) is 0 Å². The highest BCUT2D eigenvalue weighted by Crippen LogP contribution is 2.12. The van der Waals surface area contributed by atoms with Crippen LogP contribution in [0.3, 0.4) is 0 Å². The third kappa shape index (κ3) is 3.24. The summed E-state index contributed by atoms with van der Waals surface area (Å²) in [7, 11) is 1.63. The van der Waals surface area contributed by atoms with Gasteiger partial charge in [-0.1, -0.05) is 12.1 Å². The largest absolute Gasteiger partial charge is 0.497 e. The van der Waals surface area contributed by atoms with E-state index in [0.29, 0.717) is 6.54 Å². The van der Waals surface area contributed by atoms with Gasteiger partial charge in [0.15, 0.2) is 0 Å². The van der Waals surface area contributed by atoms with Crippen LogP contribution in [-0.4, -0.2) is 18.6 Å². The Kier molecular flexibility index (Phi) is 3.90. The van der Waals surface area contributed by atoms with E-state index in [1.807, 2.05) is 24.3 Å². The Bertz CT molecular complexity index is 358. The van der Waals surface area contributed by atoms with Gasteiger partial charge in [0, 0.05) is 6.54 Å². The molecule has 16 heavy (non-hydrogen) atoms. The van der Waals surface area contributed by atoms with Crippen LogP contribution in [-0.2, 0) is 11.3 Å². The number of nitrogens with two attached hydrogens (primary N) is 1. The number of nitrogens with one attached hydrogen (secondary N) is 1. The summed E-state index contributed by atoms with van der Waals surface area (Å²) < 4.78 is 5.06. The minimum atomic E-state index is -0.695. The monoisotopic (exact) mass is 222 g/mol. The van der Waals surface area contributed by atoms with E-state index >= 15 is 0 Å². The summed E-state index contributed by atoms with van der Waals surface area (Å²) in [5.74, 6) is 0.457. The summed E-state index contributed by atoms with van der Waals surface area (Å²) in [6.07, 6.45) is 0. The molecular formula is C12H18N2O2. The van der Waals surface area contributed by atoms with E-state index in [4.69, 9.17) is 10.5 Å². The lowest BCUT2D eigenvalue weighted by atomic mass is 10.0. The van der Waals surface area contributed by atoms with Gasteiger partial charge in [-0.3, -0.25) is 10.1 Å². The van der Waals surface area contributed by atoms with Gasteiger partial charge in [-0.15, -0.1) is 0 Å². The second-order valence-corrected chi connectivity index (χ2v) is 4.19. The number of benzene rings is 1. The zero-order valence-electron chi connectivity index (χ0n) is 9.91. The van der Waals surface area contributed by atoms with Crippen molar-refractivity contribution in [2.75, 3.05) is 7.11 Å². The molecule has 0 aliphatic rings. The first kappa shape index (κ1) is 12.5. The molecular weight excluding hydrogens is 204 g/mol. The van der Waals surface area contributed by atoms with Gasteiger partial charge in [0.2, 0.25) is 5.91 Å². The van der Waals surface area contributed by atoms with Gasteiger partial charge in [0.25, 0.3) is 0 Å². The first-order chi connectivity index (χ1) is 7.45. The lowest BCUT2D eigenvalue weighted by Gasteiger charge is -2.22. The zero-order chi connectivity index (χ0) is 12.2. The summed E-state index contributed by atoms with van der Waals surface area (Å²) in [5.41, 5.74) is 5.64. The first-order valence-electron chi connectivity index (χ1n) is 5.13. The van der Waals surface area contributed by atoms with Crippen LogP contribution in [0.15, 0.2) is 24.3 Å². The van der Waals surface area contributed by atoms with Gasteiger partial charge in [-0.25, -0.2) is 0 Å². The van der Waals surface area contributed by atoms with Crippen molar-refractivity contribution in [1.82, 2.24) is 5.32 Å². The molecule has 0 atom stereocenters. The van der Waals surface area contributed by atoms with Crippen molar-refractivity contribution in [3.8, 4) is 5.75 Å². The third-order valence-electron chi connectivity index (χ3n) is 2.51. The molecule has 0 saturated heterocycles. The average molecular weight is 222 g/mol. The molecule has 88 valence electrons. The number of carbonyl (C=O) groups excluding carboxylic acids is 1. The van der Waals surface area contributed by atoms with Crippen molar-refractivity contribution < 1.29 is 9.53 Å². The number of methoxy groups -OCH3 is 1. The highest BCUT2D eigenvalue weighted by Gasteiger charge is 2.23. The Morgan fingerprint density at radius 1 is 1.38 bits per heavy atom. The molecule has 0 spiro atoms. The van der Waals surface area contributed by atoms with Crippen LogP contribution in [0.25, 0.3) is 0 Å². The molecule has 1 aromatic carbocycles. The molecule has 0 bridgehead atoms. The summed E-state index contributed by atoms with van der Waals surface area (Å²) >= 11 is 0. The normalized spacial score (nSPS) is 11.2. The van der Waals surface area contributed by atoms with Crippen LogP contribution in [0.4, 0.5) is 0 Å². The summed E-state index contributed by atoms with van der Waals surface area (Å²) in [5, 5.41) is 3.10. The van der Waals surface area contributed by atoms with Gasteiger partial charge < -0.3 is 10.5 Å². The molecule has 0 aromatic heterocycles. The predicted molar refractivity (Wildman–Crippen MR) is 63.1 cm³/mol. The molecule has 0 unspecified atom stereocenters. The van der Waals surface area contributed by atoms with Crippen LogP contribution < -0.4 is 15.8 Å². The number of hydrogen-bond acceptors (Lipinski definition) is 3. The van der Waals surface area contributed by atoms with Gasteiger partial charge in [0.1, 0.15) is 5.75 Å². The van der Waals surface area contributed by atoms with E-state index in [0.717, 1.165) is 11.3 Å². The maximum Gasteiger partial charge on any atom is 0.237 e. The molecule has 0 fully saturated rings. The van der Waals surface area contributed by atoms with Gasteiger partial charge >= 0.3 is 0 Å². The third-order valence-corrected chi connectivity index (χ3v) is 2.51. The standard InChI is InChI=1S/C12H18N2O2/c1-12(2,11(13)15)14-8-9-4-6-10(16-3)7-5-9/h4-7,14H,8H2,1-3H3,(H2,13,15). The molecule has 4 nitrogen and oxygen atoms in total. The highest BCUT2D eigenvalue weighted by molar-refractivity contribution is 5.83. The summed E-state index contributed by atoms with van der Waals surface area (Å²) in [6.45, 7) is 4.12. The van der Waals surface area contributed by atoms with Crippen molar-refractivity contribution in [2.24, 2.45) is 5.73 Å². The highest BCUT2D eigenvalue weighted by atomic mass is 16.5. The molecule has 0 heterocycles. The first-order valence-corrected chi connectivity index (χ1v) is 5.13. The number of carbonyl (C=O) groups is 1. The second-order valence-electron chi connectivity index (χ2n) is 4.19. The number of ether oxygens (including phenoxy) is 1. The fraction of sp³-hybridized carbons (Fsp3) is 0.417. The number of primary amides is 1. The van der Waals surface area contributed by atoms with Crippen LogP contribution in [0.1, 0.15) is 19.4 Å². The minimum absolute atomic E-state index is 0.360. The van der Waals surface area contributed by atoms with Crippen LogP contribution >= 0.6 is 0 Å². The fourth-order valence-electron chi connectivity index (χ4n) is 1.15. The molecule has 4 heteroatoms. The Morgan fingerprint density at radius 3 is 2.38 bits per heavy atom. The lowest BCUT2D eigenvalue weighted by molar-refractivity contribution is -0.123. The van der Waals surface area contributed by atoms with E-state index in [2.05, 4.69) is 5.32 Å². The van der Waals surface area contributed by atoms with Crippen molar-refractivity contribution >= 4 is 5.91 Å². The van der Waals surface area contributed by atoms with E-state index < -0.39 is 5.54 Å². The molecule has 0 radical (unpaired) electrons. The Morgan fingerprint density at radius 2 is 1.94 bits per heavy atom. The second kappa shape index (κ2) is 4.99. The van der Waals surface area contributed by atoms with Gasteiger partial charge in [0.05, 0.1) is 12.6 Å². The topological polar surface area (TPSA) is 64.3 Å². The maximum atomic E-state index is 11.1. The van der Waals surface area contributed by atoms with Gasteiger partial charge in [-0.2, -0.15) is 0 Å². The quantitative estimate of drug-likeness (QED) is 0.782. The Labute approximate surface area is 95.8 Å². The lowest BCUT2D eigenvalue weighted by Crippen LogP contribution is -2.50. The molecule has 3 N–H and O–H groups in total. The van der Waals surface area contributed by atoms with E-state index in [-0.39, 0.29) is 5.91 Å². The molecule has 1 aromatic rings. The molecule has 1 rings (SSSR count). The number of hydrogen-bond donors (Lipinski definition) is 2. The van der Waals surface area contributed by atoms with Crippen LogP contribution in [0, 0.1) is 0 Å². The predicted octanol–water partition coefficient (Wildman–Crippen LogP) is 1.05.